The quantitative estimate of drug-likeness (QED) is 0.817. The lowest BCUT2D eigenvalue weighted by atomic mass is 9.79. The summed E-state index contributed by atoms with van der Waals surface area (Å²) in [6, 6.07) is 8.02. The number of allylic oxidation sites excluding steroid dienone is 1. The summed E-state index contributed by atoms with van der Waals surface area (Å²) in [4.78, 5) is 13.6. The molecule has 0 radical (unpaired) electrons. The largest absolute Gasteiger partial charge is 0.448 e. The van der Waals surface area contributed by atoms with Gasteiger partial charge in [0.2, 0.25) is 0 Å². The number of nitrogens with one attached hydrogen (secondary N) is 1. The maximum Gasteiger partial charge on any atom is 0.406 e. The lowest BCUT2D eigenvalue weighted by molar-refractivity contribution is 0.148. The highest BCUT2D eigenvalue weighted by Gasteiger charge is 2.36. The van der Waals surface area contributed by atoms with Crippen molar-refractivity contribution in [3.8, 4) is 12.1 Å². The van der Waals surface area contributed by atoms with Gasteiger partial charge in [-0.15, -0.1) is 0 Å². The predicted octanol–water partition coefficient (Wildman–Crippen LogP) is 3.87. The van der Waals surface area contributed by atoms with Crippen LogP contribution in [0.2, 0.25) is 0 Å². The SMILES string of the molecule is CNC(=O)OCCN1c2cc(C)c(C=C(C#N)C#N)cc2C(C)CC1(C)C. The number of ether oxygens (including phenoxy) is 1. The number of amides is 1. The molecule has 1 unspecified atom stereocenters. The average Bonchev–Trinajstić information content (AvgIpc) is 2.62. The highest BCUT2D eigenvalue weighted by atomic mass is 16.5. The Morgan fingerprint density at radius 1 is 1.41 bits per heavy atom. The zero-order valence-corrected chi connectivity index (χ0v) is 16.6. The minimum atomic E-state index is -0.435. The second-order valence-electron chi connectivity index (χ2n) is 7.50. The van der Waals surface area contributed by atoms with Gasteiger partial charge in [-0.1, -0.05) is 6.92 Å². The molecule has 0 aromatic heterocycles. The Balaban J connectivity index is 2.43. The maximum absolute atomic E-state index is 11.4. The summed E-state index contributed by atoms with van der Waals surface area (Å²) in [5.74, 6) is 0.339. The van der Waals surface area contributed by atoms with E-state index in [1.165, 1.54) is 5.56 Å². The third-order valence-electron chi connectivity index (χ3n) is 5.07. The molecule has 1 heterocycles. The molecule has 0 spiro atoms. The van der Waals surface area contributed by atoms with Crippen LogP contribution in [0.25, 0.3) is 6.08 Å². The smallest absolute Gasteiger partial charge is 0.406 e. The molecule has 1 atom stereocenters. The Bertz CT molecular complexity index is 827. The standard InChI is InChI=1S/C21H26N4O2/c1-14-8-19-18(10-17(14)9-16(12-22)13-23)15(2)11-21(3,4)25(19)6-7-27-20(26)24-5/h8-10,15H,6-7,11H2,1-5H3,(H,24,26). The van der Waals surface area contributed by atoms with Gasteiger partial charge in [-0.05, 0) is 68.0 Å². The van der Waals surface area contributed by atoms with Gasteiger partial charge >= 0.3 is 6.09 Å². The molecule has 1 aliphatic heterocycles. The monoisotopic (exact) mass is 366 g/mol. The van der Waals surface area contributed by atoms with Gasteiger partial charge in [0.05, 0.1) is 6.54 Å². The van der Waals surface area contributed by atoms with Crippen molar-refractivity contribution in [3.63, 3.8) is 0 Å². The van der Waals surface area contributed by atoms with Crippen molar-refractivity contribution in [2.24, 2.45) is 0 Å². The van der Waals surface area contributed by atoms with Crippen molar-refractivity contribution in [2.75, 3.05) is 25.1 Å². The van der Waals surface area contributed by atoms with Crippen LogP contribution in [0.1, 0.15) is 49.8 Å². The first kappa shape index (κ1) is 20.3. The van der Waals surface area contributed by atoms with Crippen LogP contribution in [-0.4, -0.2) is 31.8 Å². The van der Waals surface area contributed by atoms with E-state index in [-0.39, 0.29) is 11.1 Å². The molecule has 0 aliphatic carbocycles. The number of hydrogen-bond acceptors (Lipinski definition) is 5. The molecule has 1 aromatic carbocycles. The molecule has 1 amide bonds. The number of benzene rings is 1. The second kappa shape index (κ2) is 8.14. The van der Waals surface area contributed by atoms with Gasteiger partial charge in [0.1, 0.15) is 24.3 Å². The minimum absolute atomic E-state index is 0.0767. The predicted molar refractivity (Wildman–Crippen MR) is 105 cm³/mol. The van der Waals surface area contributed by atoms with Crippen LogP contribution in [0, 0.1) is 29.6 Å². The van der Waals surface area contributed by atoms with Crippen molar-refractivity contribution >= 4 is 17.9 Å². The second-order valence-corrected chi connectivity index (χ2v) is 7.50. The molecule has 6 heteroatoms. The summed E-state index contributed by atoms with van der Waals surface area (Å²) in [5.41, 5.74) is 4.20. The van der Waals surface area contributed by atoms with Crippen molar-refractivity contribution in [2.45, 2.75) is 45.6 Å². The number of fused-ring (bicyclic) bond motifs is 1. The van der Waals surface area contributed by atoms with E-state index in [9.17, 15) is 4.79 Å². The zero-order valence-electron chi connectivity index (χ0n) is 16.6. The summed E-state index contributed by atoms with van der Waals surface area (Å²) in [6.45, 7) is 9.44. The number of carbonyl (C=O) groups is 1. The first-order chi connectivity index (χ1) is 12.7. The van der Waals surface area contributed by atoms with Crippen LogP contribution in [-0.2, 0) is 4.74 Å². The van der Waals surface area contributed by atoms with Crippen LogP contribution >= 0.6 is 0 Å². The molecule has 2 rings (SSSR count). The number of rotatable bonds is 4. The molecule has 0 bridgehead atoms. The fourth-order valence-electron chi connectivity index (χ4n) is 3.78. The third-order valence-corrected chi connectivity index (χ3v) is 5.07. The van der Waals surface area contributed by atoms with Crippen molar-refractivity contribution in [1.82, 2.24) is 5.32 Å². The Kier molecular flexibility index (Phi) is 6.13. The number of nitriles is 2. The molecular weight excluding hydrogens is 340 g/mol. The van der Waals surface area contributed by atoms with Crippen LogP contribution in [0.15, 0.2) is 17.7 Å². The normalized spacial score (nSPS) is 17.1. The molecular formula is C21H26N4O2. The van der Waals surface area contributed by atoms with Crippen LogP contribution in [0.5, 0.6) is 0 Å². The van der Waals surface area contributed by atoms with E-state index < -0.39 is 6.09 Å². The number of alkyl carbamates (subject to hydrolysis) is 1. The molecule has 1 aromatic rings. The topological polar surface area (TPSA) is 89.2 Å². The fourth-order valence-corrected chi connectivity index (χ4v) is 3.78. The fraction of sp³-hybridized carbons (Fsp3) is 0.476. The molecule has 0 saturated carbocycles. The van der Waals surface area contributed by atoms with Gasteiger partial charge in [-0.2, -0.15) is 10.5 Å². The molecule has 142 valence electrons. The van der Waals surface area contributed by atoms with E-state index in [1.54, 1.807) is 13.1 Å². The summed E-state index contributed by atoms with van der Waals surface area (Å²) in [5, 5.41) is 20.5. The summed E-state index contributed by atoms with van der Waals surface area (Å²) < 4.78 is 5.19. The number of hydrogen-bond donors (Lipinski definition) is 1. The van der Waals surface area contributed by atoms with Crippen molar-refractivity contribution < 1.29 is 9.53 Å². The highest BCUT2D eigenvalue weighted by Crippen LogP contribution is 2.44. The minimum Gasteiger partial charge on any atom is -0.448 e. The van der Waals surface area contributed by atoms with Gasteiger partial charge in [0, 0.05) is 18.3 Å². The van der Waals surface area contributed by atoms with Gasteiger partial charge in [-0.3, -0.25) is 0 Å². The Morgan fingerprint density at radius 2 is 2.07 bits per heavy atom. The molecule has 0 saturated heterocycles. The molecule has 1 N–H and O–H groups in total. The number of aryl methyl sites for hydroxylation is 1. The van der Waals surface area contributed by atoms with Crippen LogP contribution in [0.3, 0.4) is 0 Å². The zero-order chi connectivity index (χ0) is 20.2. The van der Waals surface area contributed by atoms with Crippen LogP contribution < -0.4 is 10.2 Å². The van der Waals surface area contributed by atoms with Gasteiger partial charge < -0.3 is 15.0 Å². The molecule has 6 nitrogen and oxygen atoms in total. The number of nitrogens with zero attached hydrogens (tertiary/aromatic N) is 3. The van der Waals surface area contributed by atoms with E-state index in [2.05, 4.69) is 43.1 Å². The van der Waals surface area contributed by atoms with Gasteiger partial charge in [-0.25, -0.2) is 4.79 Å². The van der Waals surface area contributed by atoms with Crippen LogP contribution in [0.4, 0.5) is 10.5 Å². The average molecular weight is 366 g/mol. The van der Waals surface area contributed by atoms with Crippen molar-refractivity contribution in [3.05, 3.63) is 34.4 Å². The Morgan fingerprint density at radius 3 is 2.67 bits per heavy atom. The first-order valence-electron chi connectivity index (χ1n) is 9.02. The Labute approximate surface area is 161 Å². The van der Waals surface area contributed by atoms with E-state index in [0.717, 1.165) is 23.2 Å². The Hall–Kier alpha value is -2.99. The highest BCUT2D eigenvalue weighted by molar-refractivity contribution is 5.71. The lowest BCUT2D eigenvalue weighted by Crippen LogP contribution is -2.50. The molecule has 1 aliphatic rings. The van der Waals surface area contributed by atoms with Crippen molar-refractivity contribution in [1.29, 1.82) is 10.5 Å². The van der Waals surface area contributed by atoms with E-state index in [1.807, 2.05) is 19.1 Å². The molecule has 27 heavy (non-hydrogen) atoms. The van der Waals surface area contributed by atoms with E-state index in [0.29, 0.717) is 19.1 Å². The van der Waals surface area contributed by atoms with E-state index in [4.69, 9.17) is 15.3 Å². The molecule has 0 fully saturated rings. The number of carbonyl (C=O) groups excluding carboxylic acids is 1. The summed E-state index contributed by atoms with van der Waals surface area (Å²) >= 11 is 0. The van der Waals surface area contributed by atoms with Gasteiger partial charge in [0.15, 0.2) is 0 Å². The lowest BCUT2D eigenvalue weighted by Gasteiger charge is -2.47. The summed E-state index contributed by atoms with van der Waals surface area (Å²) in [6.07, 6.45) is 2.16. The number of anilines is 1. The first-order valence-corrected chi connectivity index (χ1v) is 9.02. The maximum atomic E-state index is 11.4. The van der Waals surface area contributed by atoms with Gasteiger partial charge in [0.25, 0.3) is 0 Å². The summed E-state index contributed by atoms with van der Waals surface area (Å²) in [7, 11) is 1.54. The third kappa shape index (κ3) is 4.41. The van der Waals surface area contributed by atoms with E-state index >= 15 is 0 Å².